The van der Waals surface area contributed by atoms with Crippen LogP contribution in [0.5, 0.6) is 0 Å². The number of carbonyl (C=O) groups is 2. The van der Waals surface area contributed by atoms with E-state index in [1.165, 1.54) is 25.7 Å². The topological polar surface area (TPSA) is 43.4 Å². The summed E-state index contributed by atoms with van der Waals surface area (Å²) in [4.78, 5) is 25.1. The number of allylic oxidation sites excluding steroid dienone is 2. The van der Waals surface area contributed by atoms with Gasteiger partial charge in [0, 0.05) is 29.6 Å². The molecular formula is C26H32O3. The number of carbonyl (C=O) groups excluding carboxylic acids is 2. The molecule has 5 unspecified atom stereocenters. The van der Waals surface area contributed by atoms with E-state index < -0.39 is 0 Å². The van der Waals surface area contributed by atoms with Gasteiger partial charge in [0.25, 0.3) is 0 Å². The molecule has 0 aromatic carbocycles. The number of ketones is 1. The first-order valence-corrected chi connectivity index (χ1v) is 12.3. The van der Waals surface area contributed by atoms with Crippen molar-refractivity contribution in [1.82, 2.24) is 0 Å². The maximum Gasteiger partial charge on any atom is 0.306 e. The van der Waals surface area contributed by atoms with Crippen LogP contribution in [0.3, 0.4) is 0 Å². The van der Waals surface area contributed by atoms with Crippen molar-refractivity contribution >= 4 is 11.8 Å². The summed E-state index contributed by atoms with van der Waals surface area (Å²) in [6.45, 7) is 5.07. The quantitative estimate of drug-likeness (QED) is 0.438. The number of ether oxygens (including phenoxy) is 1. The number of Topliss-reactive ketones (excluding diaryl/α,β-unsaturated/α-hetero) is 1. The molecule has 1 saturated heterocycles. The van der Waals surface area contributed by atoms with Gasteiger partial charge in [-0.1, -0.05) is 25.0 Å². The van der Waals surface area contributed by atoms with E-state index in [4.69, 9.17) is 4.74 Å². The number of fused-ring (bicyclic) bond motifs is 11. The third-order valence-electron chi connectivity index (χ3n) is 12.0. The fourth-order valence-electron chi connectivity index (χ4n) is 10.6. The van der Waals surface area contributed by atoms with Crippen LogP contribution in [0.1, 0.15) is 78.1 Å². The Balaban J connectivity index is 1.25. The summed E-state index contributed by atoms with van der Waals surface area (Å²) in [5, 5.41) is 0. The van der Waals surface area contributed by atoms with Gasteiger partial charge in [-0.15, -0.1) is 0 Å². The van der Waals surface area contributed by atoms with Crippen molar-refractivity contribution in [3.05, 3.63) is 11.1 Å². The third kappa shape index (κ3) is 1.60. The number of esters is 1. The predicted octanol–water partition coefficient (Wildman–Crippen LogP) is 4.84. The van der Waals surface area contributed by atoms with E-state index >= 15 is 0 Å². The Morgan fingerprint density at radius 1 is 1.03 bits per heavy atom. The van der Waals surface area contributed by atoms with Gasteiger partial charge in [0.2, 0.25) is 0 Å². The van der Waals surface area contributed by atoms with Crippen LogP contribution in [0, 0.1) is 51.8 Å². The van der Waals surface area contributed by atoms with Crippen molar-refractivity contribution in [3.63, 3.8) is 0 Å². The van der Waals surface area contributed by atoms with E-state index in [1.54, 1.807) is 11.1 Å². The maximum absolute atomic E-state index is 12.9. The van der Waals surface area contributed by atoms with E-state index in [0.29, 0.717) is 18.1 Å². The van der Waals surface area contributed by atoms with Crippen LogP contribution in [-0.2, 0) is 14.3 Å². The molecular weight excluding hydrogens is 360 g/mol. The first-order valence-electron chi connectivity index (χ1n) is 12.3. The molecule has 154 valence electrons. The molecule has 1 heterocycles. The molecule has 1 aliphatic heterocycles. The van der Waals surface area contributed by atoms with Crippen LogP contribution in [0.2, 0.25) is 0 Å². The molecule has 3 heteroatoms. The first kappa shape index (κ1) is 16.6. The zero-order valence-corrected chi connectivity index (χ0v) is 17.8. The van der Waals surface area contributed by atoms with E-state index in [2.05, 4.69) is 13.8 Å². The Morgan fingerprint density at radius 3 is 2.59 bits per heavy atom. The highest BCUT2D eigenvalue weighted by Gasteiger charge is 2.81. The Hall–Kier alpha value is -1.12. The van der Waals surface area contributed by atoms with Crippen molar-refractivity contribution in [1.29, 1.82) is 0 Å². The van der Waals surface area contributed by atoms with Crippen LogP contribution >= 0.6 is 0 Å². The lowest BCUT2D eigenvalue weighted by molar-refractivity contribution is -0.176. The minimum Gasteiger partial charge on any atom is -0.458 e. The second-order valence-corrected chi connectivity index (χ2v) is 12.8. The summed E-state index contributed by atoms with van der Waals surface area (Å²) in [7, 11) is 0. The average molecular weight is 393 g/mol. The van der Waals surface area contributed by atoms with Gasteiger partial charge in [-0.05, 0) is 86.4 Å². The molecule has 0 aromatic rings. The van der Waals surface area contributed by atoms with Gasteiger partial charge in [0.15, 0.2) is 0 Å². The zero-order valence-electron chi connectivity index (χ0n) is 17.8. The molecule has 9 atom stereocenters. The molecule has 0 N–H and O–H groups in total. The Morgan fingerprint density at radius 2 is 1.86 bits per heavy atom. The SMILES string of the molecule is C[C@]12CC3(CC3)C(=O)CC1=C1CC1C1C2CC[C@@]2(C)C1[C@@H]1CC1[C@@]21CCC(=O)O1. The highest BCUT2D eigenvalue weighted by molar-refractivity contribution is 5.91. The Bertz CT molecular complexity index is 942. The third-order valence-corrected chi connectivity index (χ3v) is 12.0. The molecule has 8 aliphatic rings. The standard InChI is InChI=1S/C26H32O3/c1-23-12-25(7-8-25)19(27)11-17(23)13-9-14(13)21-16(23)3-5-24(2)22(21)15-10-18(15)26(24)6-4-20(28)29-26/h14-16,18,21-22H,3-12H2,1-2H3/t14?,15-,16?,18?,21?,22?,23-,24+,26+/m1/s1. The summed E-state index contributed by atoms with van der Waals surface area (Å²) < 4.78 is 6.26. The number of rotatable bonds is 0. The molecule has 0 aromatic heterocycles. The Labute approximate surface area is 173 Å². The molecule has 0 amide bonds. The molecule has 8 rings (SSSR count). The van der Waals surface area contributed by atoms with Gasteiger partial charge in [0.1, 0.15) is 11.4 Å². The van der Waals surface area contributed by atoms with Crippen molar-refractivity contribution < 1.29 is 14.3 Å². The molecule has 3 nitrogen and oxygen atoms in total. The number of hydrogen-bond acceptors (Lipinski definition) is 3. The van der Waals surface area contributed by atoms with Crippen molar-refractivity contribution in [2.45, 2.75) is 83.7 Å². The smallest absolute Gasteiger partial charge is 0.306 e. The fourth-order valence-corrected chi connectivity index (χ4v) is 10.6. The zero-order chi connectivity index (χ0) is 19.6. The largest absolute Gasteiger partial charge is 0.458 e. The molecule has 2 spiro atoms. The van der Waals surface area contributed by atoms with Gasteiger partial charge >= 0.3 is 5.97 Å². The summed E-state index contributed by atoms with van der Waals surface area (Å²) in [6.07, 6.45) is 10.9. The van der Waals surface area contributed by atoms with E-state index in [9.17, 15) is 9.59 Å². The highest BCUT2D eigenvalue weighted by Crippen LogP contribution is 2.82. The first-order chi connectivity index (χ1) is 13.8. The van der Waals surface area contributed by atoms with E-state index in [1.807, 2.05) is 0 Å². The summed E-state index contributed by atoms with van der Waals surface area (Å²) in [5.41, 5.74) is 3.68. The predicted molar refractivity (Wildman–Crippen MR) is 107 cm³/mol. The normalized spacial score (nSPS) is 59.7. The summed E-state index contributed by atoms with van der Waals surface area (Å²) >= 11 is 0. The van der Waals surface area contributed by atoms with Crippen molar-refractivity contribution in [3.8, 4) is 0 Å². The van der Waals surface area contributed by atoms with Crippen LogP contribution < -0.4 is 0 Å². The molecule has 7 aliphatic carbocycles. The second-order valence-electron chi connectivity index (χ2n) is 12.8. The maximum atomic E-state index is 12.9. The van der Waals surface area contributed by atoms with E-state index in [-0.39, 0.29) is 27.8 Å². The van der Waals surface area contributed by atoms with Gasteiger partial charge in [-0.25, -0.2) is 0 Å². The van der Waals surface area contributed by atoms with Gasteiger partial charge < -0.3 is 4.74 Å². The summed E-state index contributed by atoms with van der Waals surface area (Å²) in [5.74, 6) is 5.11. The lowest BCUT2D eigenvalue weighted by atomic mass is 9.44. The lowest BCUT2D eigenvalue weighted by Gasteiger charge is -2.60. The molecule has 0 bridgehead atoms. The molecule has 29 heavy (non-hydrogen) atoms. The summed E-state index contributed by atoms with van der Waals surface area (Å²) in [6, 6.07) is 0. The molecule has 6 saturated carbocycles. The van der Waals surface area contributed by atoms with Gasteiger partial charge in [0.05, 0.1) is 0 Å². The minimum absolute atomic E-state index is 0.0611. The van der Waals surface area contributed by atoms with Crippen LogP contribution in [0.25, 0.3) is 0 Å². The van der Waals surface area contributed by atoms with E-state index in [0.717, 1.165) is 61.7 Å². The Kier molecular flexibility index (Phi) is 2.52. The average Bonchev–Trinajstić information content (AvgIpc) is 3.58. The number of hydrogen-bond donors (Lipinski definition) is 0. The fraction of sp³-hybridized carbons (Fsp3) is 0.846. The van der Waals surface area contributed by atoms with Gasteiger partial charge in [-0.2, -0.15) is 0 Å². The van der Waals surface area contributed by atoms with Crippen LogP contribution in [0.4, 0.5) is 0 Å². The lowest BCUT2D eigenvalue weighted by Crippen LogP contribution is -2.57. The minimum atomic E-state index is -0.134. The van der Waals surface area contributed by atoms with Crippen LogP contribution in [0.15, 0.2) is 11.1 Å². The highest BCUT2D eigenvalue weighted by atomic mass is 16.6. The van der Waals surface area contributed by atoms with Crippen molar-refractivity contribution in [2.24, 2.45) is 51.8 Å². The second kappa shape index (κ2) is 4.41. The van der Waals surface area contributed by atoms with Crippen LogP contribution in [-0.4, -0.2) is 17.4 Å². The van der Waals surface area contributed by atoms with Gasteiger partial charge in [-0.3, -0.25) is 9.59 Å². The molecule has 0 radical (unpaired) electrons. The van der Waals surface area contributed by atoms with Crippen molar-refractivity contribution in [2.75, 3.05) is 0 Å². The molecule has 7 fully saturated rings. The monoisotopic (exact) mass is 392 g/mol.